The molecule has 0 saturated carbocycles. The first kappa shape index (κ1) is 18.1. The minimum atomic E-state index is -3.38. The maximum atomic E-state index is 12.6. The van der Waals surface area contributed by atoms with E-state index in [0.717, 1.165) is 22.6 Å². The van der Waals surface area contributed by atoms with Crippen LogP contribution in [0.2, 0.25) is 0 Å². The number of sulfone groups is 1. The van der Waals surface area contributed by atoms with E-state index in [-0.39, 0.29) is 16.8 Å². The third-order valence-corrected chi connectivity index (χ3v) is 5.73. The fraction of sp³-hybridized carbons (Fsp3) is 0.190. The van der Waals surface area contributed by atoms with Gasteiger partial charge in [0.05, 0.1) is 10.9 Å². The summed E-state index contributed by atoms with van der Waals surface area (Å²) in [5, 5.41) is 5.17. The van der Waals surface area contributed by atoms with Crippen LogP contribution in [0, 0.1) is 6.92 Å². The van der Waals surface area contributed by atoms with Crippen molar-refractivity contribution in [2.45, 2.75) is 24.8 Å². The summed E-state index contributed by atoms with van der Waals surface area (Å²) in [5.74, 6) is -0.296. The third-order valence-electron chi connectivity index (χ3n) is 4.49. The Bertz CT molecular complexity index is 1080. The molecule has 1 unspecified atom stereocenters. The lowest BCUT2D eigenvalue weighted by atomic mass is 9.99. The van der Waals surface area contributed by atoms with Crippen LogP contribution in [0.3, 0.4) is 0 Å². The van der Waals surface area contributed by atoms with Gasteiger partial charge >= 0.3 is 0 Å². The van der Waals surface area contributed by atoms with Crippen molar-refractivity contribution < 1.29 is 13.2 Å². The summed E-state index contributed by atoms with van der Waals surface area (Å²) in [7, 11) is -3.38. The van der Waals surface area contributed by atoms with Crippen molar-refractivity contribution in [3.63, 3.8) is 0 Å². The SMILES string of the molecule is Cc1ccc(C(=O)NC(C)c2cccc3ccccc23)cc1S(C)(=O)=O. The van der Waals surface area contributed by atoms with E-state index in [4.69, 9.17) is 0 Å². The molecule has 134 valence electrons. The van der Waals surface area contributed by atoms with Gasteiger partial charge in [0.15, 0.2) is 9.84 Å². The minimum Gasteiger partial charge on any atom is -0.345 e. The first-order chi connectivity index (χ1) is 12.3. The molecule has 0 heterocycles. The van der Waals surface area contributed by atoms with Crippen LogP contribution in [-0.4, -0.2) is 20.6 Å². The molecule has 5 heteroatoms. The Labute approximate surface area is 153 Å². The van der Waals surface area contributed by atoms with E-state index in [1.54, 1.807) is 19.1 Å². The van der Waals surface area contributed by atoms with Crippen molar-refractivity contribution in [3.8, 4) is 0 Å². The van der Waals surface area contributed by atoms with Gasteiger partial charge in [-0.3, -0.25) is 4.79 Å². The quantitative estimate of drug-likeness (QED) is 0.757. The predicted octanol–water partition coefficient (Wildman–Crippen LogP) is 4.04. The van der Waals surface area contributed by atoms with Crippen LogP contribution in [0.5, 0.6) is 0 Å². The number of nitrogens with one attached hydrogen (secondary N) is 1. The number of carbonyl (C=O) groups excluding carboxylic acids is 1. The summed E-state index contributed by atoms with van der Waals surface area (Å²) in [6, 6.07) is 18.5. The van der Waals surface area contributed by atoms with Gasteiger partial charge in [0, 0.05) is 11.8 Å². The number of aryl methyl sites for hydroxylation is 1. The van der Waals surface area contributed by atoms with Gasteiger partial charge in [-0.2, -0.15) is 0 Å². The van der Waals surface area contributed by atoms with Crippen LogP contribution in [0.1, 0.15) is 34.5 Å². The molecule has 0 fully saturated rings. The van der Waals surface area contributed by atoms with Gasteiger partial charge in [-0.05, 0) is 47.9 Å². The highest BCUT2D eigenvalue weighted by molar-refractivity contribution is 7.90. The van der Waals surface area contributed by atoms with E-state index in [9.17, 15) is 13.2 Å². The zero-order chi connectivity index (χ0) is 18.9. The lowest BCUT2D eigenvalue weighted by Crippen LogP contribution is -2.27. The monoisotopic (exact) mass is 367 g/mol. The number of fused-ring (bicyclic) bond motifs is 1. The van der Waals surface area contributed by atoms with E-state index >= 15 is 0 Å². The van der Waals surface area contributed by atoms with Gasteiger partial charge in [-0.1, -0.05) is 48.5 Å². The van der Waals surface area contributed by atoms with Crippen LogP contribution >= 0.6 is 0 Å². The molecule has 0 bridgehead atoms. The van der Waals surface area contributed by atoms with E-state index in [1.165, 1.54) is 6.07 Å². The van der Waals surface area contributed by atoms with Gasteiger partial charge < -0.3 is 5.32 Å². The molecule has 4 nitrogen and oxygen atoms in total. The summed E-state index contributed by atoms with van der Waals surface area (Å²) in [6.45, 7) is 3.64. The number of benzene rings is 3. The maximum absolute atomic E-state index is 12.6. The maximum Gasteiger partial charge on any atom is 0.251 e. The van der Waals surface area contributed by atoms with Gasteiger partial charge in [0.25, 0.3) is 5.91 Å². The highest BCUT2D eigenvalue weighted by Crippen LogP contribution is 2.24. The van der Waals surface area contributed by atoms with E-state index < -0.39 is 9.84 Å². The fourth-order valence-corrected chi connectivity index (χ4v) is 4.12. The van der Waals surface area contributed by atoms with Gasteiger partial charge in [-0.25, -0.2) is 8.42 Å². The minimum absolute atomic E-state index is 0.183. The van der Waals surface area contributed by atoms with E-state index in [1.807, 2.05) is 49.4 Å². The van der Waals surface area contributed by atoms with Crippen molar-refractivity contribution in [3.05, 3.63) is 77.4 Å². The molecule has 26 heavy (non-hydrogen) atoms. The van der Waals surface area contributed by atoms with Crippen molar-refractivity contribution >= 4 is 26.5 Å². The first-order valence-electron chi connectivity index (χ1n) is 8.36. The molecule has 1 amide bonds. The summed E-state index contributed by atoms with van der Waals surface area (Å²) in [4.78, 5) is 12.8. The molecule has 3 aromatic rings. The van der Waals surface area contributed by atoms with Crippen molar-refractivity contribution in [1.82, 2.24) is 5.32 Å². The molecular formula is C21H21NO3S. The second-order valence-electron chi connectivity index (χ2n) is 6.52. The summed E-state index contributed by atoms with van der Waals surface area (Å²) in [6.07, 6.45) is 1.15. The average Bonchev–Trinajstić information content (AvgIpc) is 2.60. The van der Waals surface area contributed by atoms with Crippen LogP contribution in [-0.2, 0) is 9.84 Å². The average molecular weight is 367 g/mol. The summed E-state index contributed by atoms with van der Waals surface area (Å²) >= 11 is 0. The first-order valence-corrected chi connectivity index (χ1v) is 10.3. The molecule has 1 N–H and O–H groups in total. The highest BCUT2D eigenvalue weighted by Gasteiger charge is 2.17. The molecule has 0 radical (unpaired) electrons. The summed E-state index contributed by atoms with van der Waals surface area (Å²) in [5.41, 5.74) is 1.99. The fourth-order valence-electron chi connectivity index (χ4n) is 3.13. The molecule has 0 aliphatic carbocycles. The normalized spacial score (nSPS) is 12.7. The number of amides is 1. The van der Waals surface area contributed by atoms with E-state index in [0.29, 0.717) is 11.1 Å². The largest absolute Gasteiger partial charge is 0.345 e. The van der Waals surface area contributed by atoms with Gasteiger partial charge in [0.2, 0.25) is 0 Å². The lowest BCUT2D eigenvalue weighted by molar-refractivity contribution is 0.0940. The predicted molar refractivity (Wildman–Crippen MR) is 104 cm³/mol. The van der Waals surface area contributed by atoms with Crippen molar-refractivity contribution in [1.29, 1.82) is 0 Å². The Morgan fingerprint density at radius 3 is 2.42 bits per heavy atom. The molecular weight excluding hydrogens is 346 g/mol. The number of rotatable bonds is 4. The highest BCUT2D eigenvalue weighted by atomic mass is 32.2. The van der Waals surface area contributed by atoms with E-state index in [2.05, 4.69) is 5.32 Å². The zero-order valence-electron chi connectivity index (χ0n) is 15.0. The molecule has 1 atom stereocenters. The van der Waals surface area contributed by atoms with Crippen molar-refractivity contribution in [2.75, 3.05) is 6.26 Å². The Morgan fingerprint density at radius 2 is 1.69 bits per heavy atom. The Morgan fingerprint density at radius 1 is 1.00 bits per heavy atom. The Hall–Kier alpha value is -2.66. The van der Waals surface area contributed by atoms with Crippen LogP contribution in [0.25, 0.3) is 10.8 Å². The second kappa shape index (κ2) is 6.92. The second-order valence-corrected chi connectivity index (χ2v) is 8.50. The van der Waals surface area contributed by atoms with Crippen molar-refractivity contribution in [2.24, 2.45) is 0 Å². The number of hydrogen-bond donors (Lipinski definition) is 1. The molecule has 0 aliphatic rings. The Kier molecular flexibility index (Phi) is 4.83. The molecule has 3 aromatic carbocycles. The zero-order valence-corrected chi connectivity index (χ0v) is 15.8. The molecule has 0 aliphatic heterocycles. The van der Waals surface area contributed by atoms with Crippen LogP contribution in [0.4, 0.5) is 0 Å². The van der Waals surface area contributed by atoms with Gasteiger partial charge in [0.1, 0.15) is 0 Å². The molecule has 3 rings (SSSR count). The molecule has 0 aromatic heterocycles. The topological polar surface area (TPSA) is 63.2 Å². The van der Waals surface area contributed by atoms with Crippen LogP contribution in [0.15, 0.2) is 65.6 Å². The molecule has 0 spiro atoms. The number of carbonyl (C=O) groups is 1. The Balaban J connectivity index is 1.90. The van der Waals surface area contributed by atoms with Crippen LogP contribution < -0.4 is 5.32 Å². The number of hydrogen-bond acceptors (Lipinski definition) is 3. The van der Waals surface area contributed by atoms with Gasteiger partial charge in [-0.15, -0.1) is 0 Å². The summed E-state index contributed by atoms with van der Waals surface area (Å²) < 4.78 is 23.8. The third kappa shape index (κ3) is 3.63. The standard InChI is InChI=1S/C21H21NO3S/c1-14-11-12-17(13-20(14)26(3,24)25)21(23)22-15(2)18-10-6-8-16-7-4-5-9-19(16)18/h4-13,15H,1-3H3,(H,22,23). The smallest absolute Gasteiger partial charge is 0.251 e. The lowest BCUT2D eigenvalue weighted by Gasteiger charge is -2.17. The molecule has 0 saturated heterocycles.